The normalized spacial score (nSPS) is 13.7. The van der Waals surface area contributed by atoms with E-state index in [0.29, 0.717) is 23.9 Å². The molecule has 0 amide bonds. The van der Waals surface area contributed by atoms with Crippen LogP contribution < -0.4 is 10.0 Å². The van der Waals surface area contributed by atoms with Crippen molar-refractivity contribution < 1.29 is 8.42 Å². The van der Waals surface area contributed by atoms with Crippen LogP contribution in [0.15, 0.2) is 16.3 Å². The van der Waals surface area contributed by atoms with Gasteiger partial charge in [0.25, 0.3) is 0 Å². The average Bonchev–Trinajstić information content (AvgIpc) is 2.82. The van der Waals surface area contributed by atoms with E-state index in [2.05, 4.69) is 17.0 Å². The van der Waals surface area contributed by atoms with E-state index in [4.69, 9.17) is 0 Å². The van der Waals surface area contributed by atoms with Crippen molar-refractivity contribution in [2.45, 2.75) is 38.6 Å². The predicted molar refractivity (Wildman–Crippen MR) is 76.3 cm³/mol. The molecule has 1 aromatic heterocycles. The molecule has 0 aromatic carbocycles. The highest BCUT2D eigenvalue weighted by Gasteiger charge is 2.19. The minimum Gasteiger partial charge on any atom is -0.312 e. The number of rotatable bonds is 8. The van der Waals surface area contributed by atoms with Gasteiger partial charge in [-0.2, -0.15) is 0 Å². The van der Waals surface area contributed by atoms with E-state index in [1.54, 1.807) is 6.07 Å². The summed E-state index contributed by atoms with van der Waals surface area (Å²) in [5.41, 5.74) is 0. The van der Waals surface area contributed by atoms with E-state index in [-0.39, 0.29) is 0 Å². The zero-order valence-corrected chi connectivity index (χ0v) is 12.8. The lowest BCUT2D eigenvalue weighted by Crippen LogP contribution is -2.29. The van der Waals surface area contributed by atoms with Crippen LogP contribution in [-0.2, 0) is 16.6 Å². The number of sulfonamides is 1. The van der Waals surface area contributed by atoms with Gasteiger partial charge in [0.05, 0.1) is 4.90 Å². The Morgan fingerprint density at radius 3 is 2.72 bits per heavy atom. The number of hydrogen-bond acceptors (Lipinski definition) is 4. The Hall–Kier alpha value is -0.430. The lowest BCUT2D eigenvalue weighted by Gasteiger charge is -2.11. The van der Waals surface area contributed by atoms with Gasteiger partial charge in [0.2, 0.25) is 10.0 Å². The number of hydrogen-bond donors (Lipinski definition) is 2. The number of thiophene rings is 1. The van der Waals surface area contributed by atoms with Crippen molar-refractivity contribution in [2.75, 3.05) is 13.1 Å². The molecule has 1 unspecified atom stereocenters. The maximum Gasteiger partial charge on any atom is 0.241 e. The first-order valence-corrected chi connectivity index (χ1v) is 8.64. The van der Waals surface area contributed by atoms with Gasteiger partial charge < -0.3 is 5.32 Å². The molecule has 1 atom stereocenters. The molecule has 0 saturated heterocycles. The van der Waals surface area contributed by atoms with Gasteiger partial charge in [-0.1, -0.05) is 27.2 Å². The van der Waals surface area contributed by atoms with Gasteiger partial charge in [-0.3, -0.25) is 0 Å². The molecule has 0 bridgehead atoms. The first kappa shape index (κ1) is 15.6. The summed E-state index contributed by atoms with van der Waals surface area (Å²) in [5.74, 6) is 0.357. The van der Waals surface area contributed by atoms with E-state index >= 15 is 0 Å². The third-order valence-corrected chi connectivity index (χ3v) is 5.41. The summed E-state index contributed by atoms with van der Waals surface area (Å²) >= 11 is 1.47. The van der Waals surface area contributed by atoms with Crippen molar-refractivity contribution in [1.29, 1.82) is 0 Å². The van der Waals surface area contributed by atoms with Gasteiger partial charge in [0.15, 0.2) is 0 Å². The summed E-state index contributed by atoms with van der Waals surface area (Å²) in [6.07, 6.45) is 0.969. The second-order valence-corrected chi connectivity index (χ2v) is 7.09. The topological polar surface area (TPSA) is 58.2 Å². The monoisotopic (exact) mass is 290 g/mol. The van der Waals surface area contributed by atoms with Gasteiger partial charge in [-0.25, -0.2) is 13.1 Å². The van der Waals surface area contributed by atoms with Crippen LogP contribution in [0.25, 0.3) is 0 Å². The van der Waals surface area contributed by atoms with E-state index in [9.17, 15) is 8.42 Å². The van der Waals surface area contributed by atoms with E-state index in [1.165, 1.54) is 11.3 Å². The molecule has 0 aliphatic carbocycles. The Morgan fingerprint density at radius 2 is 2.11 bits per heavy atom. The molecule has 0 aliphatic heterocycles. The minimum atomic E-state index is -3.36. The largest absolute Gasteiger partial charge is 0.312 e. The summed E-state index contributed by atoms with van der Waals surface area (Å²) in [4.78, 5) is 1.28. The van der Waals surface area contributed by atoms with Crippen LogP contribution in [0, 0.1) is 5.92 Å². The summed E-state index contributed by atoms with van der Waals surface area (Å²) in [7, 11) is -3.36. The molecule has 1 heterocycles. The van der Waals surface area contributed by atoms with E-state index in [0.717, 1.165) is 17.8 Å². The van der Waals surface area contributed by atoms with Crippen molar-refractivity contribution in [3.63, 3.8) is 0 Å². The average molecular weight is 290 g/mol. The fraction of sp³-hybridized carbons (Fsp3) is 0.667. The molecule has 6 heteroatoms. The molecule has 104 valence electrons. The number of nitrogens with one attached hydrogen (secondary N) is 2. The molecule has 18 heavy (non-hydrogen) atoms. The third kappa shape index (κ3) is 4.35. The Kier molecular flexibility index (Phi) is 6.28. The molecule has 0 fully saturated rings. The molecular weight excluding hydrogens is 268 g/mol. The van der Waals surface area contributed by atoms with Crippen LogP contribution in [0.3, 0.4) is 0 Å². The van der Waals surface area contributed by atoms with Gasteiger partial charge in [0.1, 0.15) is 0 Å². The zero-order valence-electron chi connectivity index (χ0n) is 11.2. The van der Waals surface area contributed by atoms with Crippen molar-refractivity contribution >= 4 is 21.4 Å². The Labute approximate surface area is 114 Å². The molecule has 0 aliphatic rings. The smallest absolute Gasteiger partial charge is 0.241 e. The molecule has 0 spiro atoms. The van der Waals surface area contributed by atoms with Crippen LogP contribution in [-0.4, -0.2) is 21.5 Å². The molecule has 0 saturated carbocycles. The quantitative estimate of drug-likeness (QED) is 0.771. The van der Waals surface area contributed by atoms with Crippen LogP contribution in [0.4, 0.5) is 0 Å². The molecule has 1 rings (SSSR count). The summed E-state index contributed by atoms with van der Waals surface area (Å²) in [6, 6.07) is 1.68. The first-order valence-electron chi connectivity index (χ1n) is 6.28. The van der Waals surface area contributed by atoms with Crippen LogP contribution in [0.5, 0.6) is 0 Å². The van der Waals surface area contributed by atoms with Crippen LogP contribution >= 0.6 is 11.3 Å². The van der Waals surface area contributed by atoms with Gasteiger partial charge in [-0.05, 0) is 23.9 Å². The maximum absolute atomic E-state index is 12.2. The van der Waals surface area contributed by atoms with Crippen molar-refractivity contribution in [3.05, 3.63) is 16.3 Å². The summed E-state index contributed by atoms with van der Waals surface area (Å²) < 4.78 is 27.0. The van der Waals surface area contributed by atoms with E-state index in [1.807, 2.05) is 19.2 Å². The summed E-state index contributed by atoms with van der Waals surface area (Å²) in [6.45, 7) is 8.03. The predicted octanol–water partition coefficient (Wildman–Crippen LogP) is 2.18. The molecular formula is C12H22N2O2S2. The third-order valence-electron chi connectivity index (χ3n) is 2.85. The Bertz CT molecular complexity index is 454. The lowest BCUT2D eigenvalue weighted by atomic mass is 10.1. The first-order chi connectivity index (χ1) is 8.51. The van der Waals surface area contributed by atoms with Crippen molar-refractivity contribution in [3.8, 4) is 0 Å². The minimum absolute atomic E-state index is 0.357. The van der Waals surface area contributed by atoms with Crippen molar-refractivity contribution in [1.82, 2.24) is 10.0 Å². The highest BCUT2D eigenvalue weighted by Crippen LogP contribution is 2.21. The van der Waals surface area contributed by atoms with Gasteiger partial charge in [-0.15, -0.1) is 11.3 Å². The zero-order chi connectivity index (χ0) is 13.6. The molecule has 1 aromatic rings. The van der Waals surface area contributed by atoms with Gasteiger partial charge >= 0.3 is 0 Å². The Balaban J connectivity index is 2.75. The van der Waals surface area contributed by atoms with Gasteiger partial charge in [0, 0.05) is 18.0 Å². The standard InChI is InChI=1S/C12H22N2O2S2/c1-4-10(3)8-14-18(15,16)12-6-7-17-11(12)9-13-5-2/h6-7,10,13-14H,4-5,8-9H2,1-3H3. The molecule has 4 nitrogen and oxygen atoms in total. The summed E-state index contributed by atoms with van der Waals surface area (Å²) in [5, 5.41) is 4.98. The highest BCUT2D eigenvalue weighted by atomic mass is 32.2. The highest BCUT2D eigenvalue weighted by molar-refractivity contribution is 7.89. The van der Waals surface area contributed by atoms with E-state index < -0.39 is 10.0 Å². The molecule has 2 N–H and O–H groups in total. The second-order valence-electron chi connectivity index (χ2n) is 4.35. The fourth-order valence-electron chi connectivity index (χ4n) is 1.41. The second kappa shape index (κ2) is 7.23. The SMILES string of the molecule is CCNCc1sccc1S(=O)(=O)NCC(C)CC. The lowest BCUT2D eigenvalue weighted by molar-refractivity contribution is 0.528. The Morgan fingerprint density at radius 1 is 1.39 bits per heavy atom. The van der Waals surface area contributed by atoms with Crippen LogP contribution in [0.1, 0.15) is 32.1 Å². The molecule has 0 radical (unpaired) electrons. The van der Waals surface area contributed by atoms with Crippen molar-refractivity contribution in [2.24, 2.45) is 5.92 Å². The van der Waals surface area contributed by atoms with Crippen LogP contribution in [0.2, 0.25) is 0 Å². The fourth-order valence-corrected chi connectivity index (χ4v) is 3.99. The maximum atomic E-state index is 12.2.